The van der Waals surface area contributed by atoms with Gasteiger partial charge in [-0.3, -0.25) is 9.69 Å². The lowest BCUT2D eigenvalue weighted by Gasteiger charge is -2.24. The second kappa shape index (κ2) is 10.6. The van der Waals surface area contributed by atoms with Crippen LogP contribution in [0.15, 0.2) is 18.2 Å². The van der Waals surface area contributed by atoms with Crippen molar-refractivity contribution >= 4 is 18.3 Å². The predicted octanol–water partition coefficient (Wildman–Crippen LogP) is 3.90. The number of carbonyl (C=O) groups excluding carboxylic acids is 1. The maximum absolute atomic E-state index is 12.9. The van der Waals surface area contributed by atoms with Crippen molar-refractivity contribution in [2.45, 2.75) is 65.7 Å². The summed E-state index contributed by atoms with van der Waals surface area (Å²) in [5.41, 5.74) is 0.492. The highest BCUT2D eigenvalue weighted by Gasteiger charge is 2.25. The molecule has 1 heterocycles. The third-order valence-corrected chi connectivity index (χ3v) is 4.34. The van der Waals surface area contributed by atoms with E-state index in [4.69, 9.17) is 9.47 Å². The number of rotatable bonds is 8. The van der Waals surface area contributed by atoms with Crippen molar-refractivity contribution in [1.29, 1.82) is 0 Å². The number of halogens is 1. The molecule has 6 heteroatoms. The minimum absolute atomic E-state index is 0. The van der Waals surface area contributed by atoms with Crippen molar-refractivity contribution in [1.82, 2.24) is 10.2 Å². The van der Waals surface area contributed by atoms with E-state index in [0.717, 1.165) is 19.5 Å². The highest BCUT2D eigenvalue weighted by Crippen LogP contribution is 2.30. The van der Waals surface area contributed by atoms with Gasteiger partial charge in [0.2, 0.25) is 0 Å². The Bertz CT molecular complexity index is 550. The first-order valence-corrected chi connectivity index (χ1v) is 9.41. The van der Waals surface area contributed by atoms with Crippen LogP contribution in [0.4, 0.5) is 0 Å². The lowest BCUT2D eigenvalue weighted by atomic mass is 10.1. The lowest BCUT2D eigenvalue weighted by Crippen LogP contribution is -2.40. The molecule has 1 fully saturated rings. The zero-order chi connectivity index (χ0) is 18.4. The van der Waals surface area contributed by atoms with E-state index >= 15 is 0 Å². The van der Waals surface area contributed by atoms with E-state index in [1.807, 2.05) is 45.9 Å². The second-order valence-electron chi connectivity index (χ2n) is 7.10. The molecule has 1 amide bonds. The number of likely N-dealkylation sites (N-methyl/N-ethyl adjacent to an activating group) is 1. The Balaban J connectivity index is 0.00000338. The summed E-state index contributed by atoms with van der Waals surface area (Å²) in [4.78, 5) is 15.3. The van der Waals surface area contributed by atoms with Gasteiger partial charge in [0, 0.05) is 12.6 Å². The number of hydrogen-bond donors (Lipinski definition) is 1. The van der Waals surface area contributed by atoms with Crippen LogP contribution >= 0.6 is 12.4 Å². The van der Waals surface area contributed by atoms with E-state index in [-0.39, 0.29) is 30.5 Å². The van der Waals surface area contributed by atoms with Crippen LogP contribution in [0.1, 0.15) is 57.8 Å². The number of nitrogens with one attached hydrogen (secondary N) is 1. The normalized spacial score (nSPS) is 17.3. The number of amides is 1. The molecular weight excluding hydrogens is 352 g/mol. The summed E-state index contributed by atoms with van der Waals surface area (Å²) < 4.78 is 11.7. The Morgan fingerprint density at radius 2 is 1.77 bits per heavy atom. The largest absolute Gasteiger partial charge is 0.490 e. The molecule has 148 valence electrons. The minimum Gasteiger partial charge on any atom is -0.490 e. The third kappa shape index (κ3) is 6.06. The van der Waals surface area contributed by atoms with Crippen LogP contribution in [0, 0.1) is 0 Å². The van der Waals surface area contributed by atoms with Gasteiger partial charge < -0.3 is 14.8 Å². The molecule has 1 aromatic carbocycles. The van der Waals surface area contributed by atoms with Gasteiger partial charge in [-0.15, -0.1) is 12.4 Å². The summed E-state index contributed by atoms with van der Waals surface area (Å²) in [5, 5.41) is 3.09. The maximum Gasteiger partial charge on any atom is 0.258 e. The SMILES string of the molecule is CCN1CCCC1CNC(=O)c1c(OC(C)C)cccc1OC(C)C.Cl. The Morgan fingerprint density at radius 3 is 2.27 bits per heavy atom. The van der Waals surface area contributed by atoms with Crippen molar-refractivity contribution in [2.75, 3.05) is 19.6 Å². The molecule has 1 aliphatic rings. The average Bonchev–Trinajstić information content (AvgIpc) is 2.99. The average molecular weight is 385 g/mol. The highest BCUT2D eigenvalue weighted by atomic mass is 35.5. The fourth-order valence-corrected chi connectivity index (χ4v) is 3.28. The van der Waals surface area contributed by atoms with Gasteiger partial charge >= 0.3 is 0 Å². The van der Waals surface area contributed by atoms with Crippen LogP contribution in [-0.4, -0.2) is 48.7 Å². The molecule has 0 spiro atoms. The summed E-state index contributed by atoms with van der Waals surface area (Å²) in [7, 11) is 0. The van der Waals surface area contributed by atoms with Crippen molar-refractivity contribution in [3.05, 3.63) is 23.8 Å². The molecule has 2 rings (SSSR count). The zero-order valence-electron chi connectivity index (χ0n) is 16.6. The summed E-state index contributed by atoms with van der Waals surface area (Å²) in [6.07, 6.45) is 2.31. The number of nitrogens with zero attached hydrogens (tertiary/aromatic N) is 1. The van der Waals surface area contributed by atoms with Crippen LogP contribution in [0.2, 0.25) is 0 Å². The quantitative estimate of drug-likeness (QED) is 0.738. The molecule has 0 bridgehead atoms. The topological polar surface area (TPSA) is 50.8 Å². The molecule has 1 saturated heterocycles. The molecule has 0 radical (unpaired) electrons. The highest BCUT2D eigenvalue weighted by molar-refractivity contribution is 5.99. The van der Waals surface area contributed by atoms with Gasteiger partial charge in [0.05, 0.1) is 12.2 Å². The van der Waals surface area contributed by atoms with Crippen molar-refractivity contribution in [3.8, 4) is 11.5 Å². The molecule has 1 N–H and O–H groups in total. The number of benzene rings is 1. The molecule has 5 nitrogen and oxygen atoms in total. The molecular formula is C20H33ClN2O3. The van der Waals surface area contributed by atoms with Gasteiger partial charge in [-0.05, 0) is 65.8 Å². The fourth-order valence-electron chi connectivity index (χ4n) is 3.28. The molecule has 1 atom stereocenters. The first-order valence-electron chi connectivity index (χ1n) is 9.41. The summed E-state index contributed by atoms with van der Waals surface area (Å²) in [6, 6.07) is 5.94. The fraction of sp³-hybridized carbons (Fsp3) is 0.650. The Labute approximate surface area is 163 Å². The summed E-state index contributed by atoms with van der Waals surface area (Å²) in [5.74, 6) is 1.02. The monoisotopic (exact) mass is 384 g/mol. The van der Waals surface area contributed by atoms with Gasteiger partial charge in [-0.25, -0.2) is 0 Å². The lowest BCUT2D eigenvalue weighted by molar-refractivity contribution is 0.0929. The zero-order valence-corrected chi connectivity index (χ0v) is 17.4. The molecule has 1 aliphatic heterocycles. The van der Waals surface area contributed by atoms with E-state index in [1.165, 1.54) is 6.42 Å². The number of hydrogen-bond acceptors (Lipinski definition) is 4. The van der Waals surface area contributed by atoms with E-state index in [0.29, 0.717) is 29.6 Å². The Morgan fingerprint density at radius 1 is 1.19 bits per heavy atom. The van der Waals surface area contributed by atoms with Gasteiger partial charge in [0.1, 0.15) is 17.1 Å². The van der Waals surface area contributed by atoms with Crippen molar-refractivity contribution < 1.29 is 14.3 Å². The van der Waals surface area contributed by atoms with Gasteiger partial charge in [0.15, 0.2) is 0 Å². The van der Waals surface area contributed by atoms with Crippen LogP contribution in [0.25, 0.3) is 0 Å². The second-order valence-corrected chi connectivity index (χ2v) is 7.10. The smallest absolute Gasteiger partial charge is 0.258 e. The first-order chi connectivity index (χ1) is 11.9. The molecule has 26 heavy (non-hydrogen) atoms. The van der Waals surface area contributed by atoms with Crippen LogP contribution in [0.5, 0.6) is 11.5 Å². The van der Waals surface area contributed by atoms with Crippen LogP contribution < -0.4 is 14.8 Å². The standard InChI is InChI=1S/C20H32N2O3.ClH/c1-6-22-12-8-9-16(22)13-21-20(23)19-17(24-14(2)3)10-7-11-18(19)25-15(4)5;/h7,10-11,14-16H,6,8-9,12-13H2,1-5H3,(H,21,23);1H. The maximum atomic E-state index is 12.9. The van der Waals surface area contributed by atoms with Gasteiger partial charge in [0.25, 0.3) is 5.91 Å². The van der Waals surface area contributed by atoms with Crippen molar-refractivity contribution in [3.63, 3.8) is 0 Å². The molecule has 0 saturated carbocycles. The Kier molecular flexibility index (Phi) is 9.23. The van der Waals surface area contributed by atoms with Crippen LogP contribution in [0.3, 0.4) is 0 Å². The van der Waals surface area contributed by atoms with E-state index < -0.39 is 0 Å². The van der Waals surface area contributed by atoms with E-state index in [1.54, 1.807) is 0 Å². The van der Waals surface area contributed by atoms with E-state index in [9.17, 15) is 4.79 Å². The number of carbonyl (C=O) groups is 1. The van der Waals surface area contributed by atoms with Crippen molar-refractivity contribution in [2.24, 2.45) is 0 Å². The number of likely N-dealkylation sites (tertiary alicyclic amines) is 1. The number of ether oxygens (including phenoxy) is 2. The van der Waals surface area contributed by atoms with Gasteiger partial charge in [-0.2, -0.15) is 0 Å². The first kappa shape index (κ1) is 22.6. The Hall–Kier alpha value is -1.46. The molecule has 1 unspecified atom stereocenters. The van der Waals surface area contributed by atoms with E-state index in [2.05, 4.69) is 17.1 Å². The molecule has 1 aromatic rings. The van der Waals surface area contributed by atoms with Crippen LogP contribution in [-0.2, 0) is 0 Å². The molecule has 0 aliphatic carbocycles. The third-order valence-electron chi connectivity index (χ3n) is 4.34. The minimum atomic E-state index is -0.130. The van der Waals surface area contributed by atoms with Gasteiger partial charge in [-0.1, -0.05) is 13.0 Å². The summed E-state index contributed by atoms with van der Waals surface area (Å²) in [6.45, 7) is 12.8. The summed E-state index contributed by atoms with van der Waals surface area (Å²) >= 11 is 0. The predicted molar refractivity (Wildman–Crippen MR) is 108 cm³/mol. The molecule has 0 aromatic heterocycles.